The molecule has 2 aromatic carbocycles. The number of phenols is 2. The highest BCUT2D eigenvalue weighted by Crippen LogP contribution is 2.14. The van der Waals surface area contributed by atoms with Crippen LogP contribution in [0.4, 0.5) is 0 Å². The van der Waals surface area contributed by atoms with Crippen LogP contribution in [0.2, 0.25) is 0 Å². The summed E-state index contributed by atoms with van der Waals surface area (Å²) in [7, 11) is 0. The van der Waals surface area contributed by atoms with E-state index in [9.17, 15) is 34.5 Å². The second-order valence-corrected chi connectivity index (χ2v) is 9.82. The van der Waals surface area contributed by atoms with Crippen molar-refractivity contribution in [3.63, 3.8) is 0 Å². The molecule has 0 radical (unpaired) electrons. The van der Waals surface area contributed by atoms with E-state index in [0.717, 1.165) is 0 Å². The molecule has 0 saturated heterocycles. The predicted molar refractivity (Wildman–Crippen MR) is 144 cm³/mol. The third kappa shape index (κ3) is 9.94. The average molecular weight is 547 g/mol. The van der Waals surface area contributed by atoms with Crippen molar-refractivity contribution in [3.8, 4) is 11.5 Å². The van der Waals surface area contributed by atoms with Gasteiger partial charge in [-0.15, -0.1) is 0 Å². The lowest BCUT2D eigenvalue weighted by molar-refractivity contribution is -0.142. The van der Waals surface area contributed by atoms with Crippen LogP contribution in [-0.2, 0) is 32.0 Å². The highest BCUT2D eigenvalue weighted by atomic mass is 32.2. The number of thioether (sulfide) groups is 1. The number of benzene rings is 2. The van der Waals surface area contributed by atoms with Gasteiger partial charge in [0.2, 0.25) is 17.7 Å². The van der Waals surface area contributed by atoms with E-state index < -0.39 is 47.9 Å². The number of hydrogen-bond donors (Lipinski definition) is 7. The van der Waals surface area contributed by atoms with Crippen LogP contribution in [-0.4, -0.2) is 75.2 Å². The Hall–Kier alpha value is -3.77. The molecule has 0 aliphatic rings. The number of rotatable bonds is 14. The molecule has 8 N–H and O–H groups in total. The monoisotopic (exact) mass is 546 g/mol. The van der Waals surface area contributed by atoms with Gasteiger partial charge >= 0.3 is 5.97 Å². The minimum Gasteiger partial charge on any atom is -0.508 e. The maximum atomic E-state index is 13.3. The number of amides is 3. The summed E-state index contributed by atoms with van der Waals surface area (Å²) < 4.78 is 0. The van der Waals surface area contributed by atoms with Gasteiger partial charge in [-0.2, -0.15) is 11.8 Å². The first kappa shape index (κ1) is 30.5. The number of hydrogen-bond acceptors (Lipinski definition) is 8. The summed E-state index contributed by atoms with van der Waals surface area (Å²) >= 11 is 1.48. The van der Waals surface area contributed by atoms with Crippen molar-refractivity contribution in [2.75, 3.05) is 12.0 Å². The largest absolute Gasteiger partial charge is 0.508 e. The fourth-order valence-electron chi connectivity index (χ4n) is 3.50. The molecular weight excluding hydrogens is 512 g/mol. The molecule has 12 heteroatoms. The first-order chi connectivity index (χ1) is 18.0. The van der Waals surface area contributed by atoms with E-state index >= 15 is 0 Å². The van der Waals surface area contributed by atoms with E-state index in [1.54, 1.807) is 24.3 Å². The summed E-state index contributed by atoms with van der Waals surface area (Å²) in [5.74, 6) is -2.55. The van der Waals surface area contributed by atoms with Gasteiger partial charge in [-0.25, -0.2) is 4.79 Å². The second kappa shape index (κ2) is 14.8. The van der Waals surface area contributed by atoms with Crippen LogP contribution in [0.5, 0.6) is 11.5 Å². The molecule has 0 aromatic heterocycles. The Morgan fingerprint density at radius 2 is 1.18 bits per heavy atom. The van der Waals surface area contributed by atoms with E-state index in [1.807, 2.05) is 6.26 Å². The number of aliphatic carboxylic acids is 1. The van der Waals surface area contributed by atoms with Crippen molar-refractivity contribution in [1.29, 1.82) is 0 Å². The average Bonchev–Trinajstić information content (AvgIpc) is 2.87. The standard InChI is InChI=1S/C26H34N4O7S/c1-15(27)23(33)28-20(11-12-38-2)24(34)29-21(13-16-3-7-18(31)8-4-16)25(35)30-22(26(36)37)14-17-5-9-19(32)10-6-17/h3-10,15,20-22,31-32H,11-14,27H2,1-2H3,(H,28,33)(H,29,34)(H,30,35)(H,36,37). The number of carbonyl (C=O) groups is 4. The number of carbonyl (C=O) groups excluding carboxylic acids is 3. The molecule has 4 atom stereocenters. The van der Waals surface area contributed by atoms with Crippen molar-refractivity contribution in [3.05, 3.63) is 59.7 Å². The molecule has 3 amide bonds. The Kier molecular flexibility index (Phi) is 11.9. The highest BCUT2D eigenvalue weighted by molar-refractivity contribution is 7.98. The third-order valence-electron chi connectivity index (χ3n) is 5.66. The Morgan fingerprint density at radius 3 is 1.63 bits per heavy atom. The van der Waals surface area contributed by atoms with Crippen molar-refractivity contribution >= 4 is 35.5 Å². The van der Waals surface area contributed by atoms with E-state index in [1.165, 1.54) is 43.0 Å². The number of aromatic hydroxyl groups is 2. The molecule has 0 aliphatic carbocycles. The fourth-order valence-corrected chi connectivity index (χ4v) is 3.97. The zero-order chi connectivity index (χ0) is 28.2. The zero-order valence-electron chi connectivity index (χ0n) is 21.2. The summed E-state index contributed by atoms with van der Waals surface area (Å²) in [5.41, 5.74) is 6.81. The summed E-state index contributed by atoms with van der Waals surface area (Å²) in [4.78, 5) is 50.5. The van der Waals surface area contributed by atoms with Crippen molar-refractivity contribution in [2.45, 2.75) is 50.4 Å². The van der Waals surface area contributed by atoms with E-state index in [0.29, 0.717) is 16.9 Å². The lowest BCUT2D eigenvalue weighted by atomic mass is 10.0. The minimum atomic E-state index is -1.31. The lowest BCUT2D eigenvalue weighted by Crippen LogP contribution is -2.57. The molecule has 0 spiro atoms. The van der Waals surface area contributed by atoms with Gasteiger partial charge in [0.25, 0.3) is 0 Å². The molecule has 38 heavy (non-hydrogen) atoms. The van der Waals surface area contributed by atoms with Crippen molar-refractivity contribution in [2.24, 2.45) is 5.73 Å². The normalized spacial score (nSPS) is 14.0. The van der Waals surface area contributed by atoms with Gasteiger partial charge in [0.1, 0.15) is 29.6 Å². The Labute approximate surface area is 225 Å². The smallest absolute Gasteiger partial charge is 0.326 e. The summed E-state index contributed by atoms with van der Waals surface area (Å²) in [6.45, 7) is 1.49. The van der Waals surface area contributed by atoms with Crippen LogP contribution in [0.3, 0.4) is 0 Å². The van der Waals surface area contributed by atoms with Gasteiger partial charge in [-0.1, -0.05) is 24.3 Å². The number of nitrogens with one attached hydrogen (secondary N) is 3. The third-order valence-corrected chi connectivity index (χ3v) is 6.30. The first-order valence-electron chi connectivity index (χ1n) is 11.9. The summed E-state index contributed by atoms with van der Waals surface area (Å²) in [6, 6.07) is 7.65. The van der Waals surface area contributed by atoms with Crippen molar-refractivity contribution in [1.82, 2.24) is 16.0 Å². The number of carboxylic acids is 1. The molecule has 2 rings (SSSR count). The summed E-state index contributed by atoms with van der Waals surface area (Å²) in [6.07, 6.45) is 2.09. The van der Waals surface area contributed by atoms with Gasteiger partial charge < -0.3 is 37.0 Å². The second-order valence-electron chi connectivity index (χ2n) is 8.83. The number of phenolic OH excluding ortho intramolecular Hbond substituents is 2. The van der Waals surface area contributed by atoms with Crippen LogP contribution in [0.1, 0.15) is 24.5 Å². The number of nitrogens with two attached hydrogens (primary N) is 1. The van der Waals surface area contributed by atoms with Gasteiger partial charge in [0.05, 0.1) is 6.04 Å². The van der Waals surface area contributed by atoms with E-state index in [4.69, 9.17) is 5.73 Å². The predicted octanol–water partition coefficient (Wildman–Crippen LogP) is 0.522. The summed E-state index contributed by atoms with van der Waals surface area (Å²) in [5, 5.41) is 36.5. The molecular formula is C26H34N4O7S. The van der Waals surface area contributed by atoms with Gasteiger partial charge in [-0.3, -0.25) is 14.4 Å². The van der Waals surface area contributed by atoms with Gasteiger partial charge in [0.15, 0.2) is 0 Å². The van der Waals surface area contributed by atoms with E-state index in [-0.39, 0.29) is 30.8 Å². The van der Waals surface area contributed by atoms with E-state index in [2.05, 4.69) is 16.0 Å². The molecule has 11 nitrogen and oxygen atoms in total. The van der Waals surface area contributed by atoms with Crippen LogP contribution in [0.15, 0.2) is 48.5 Å². The van der Waals surface area contributed by atoms with Gasteiger partial charge in [-0.05, 0) is 60.7 Å². The number of carboxylic acid groups (broad SMARTS) is 1. The molecule has 0 aliphatic heterocycles. The molecule has 0 bridgehead atoms. The Balaban J connectivity index is 2.26. The zero-order valence-corrected chi connectivity index (χ0v) is 22.0. The van der Waals surface area contributed by atoms with Gasteiger partial charge in [0, 0.05) is 12.8 Å². The highest BCUT2D eigenvalue weighted by Gasteiger charge is 2.30. The Bertz CT molecular complexity index is 1090. The lowest BCUT2D eigenvalue weighted by Gasteiger charge is -2.25. The fraction of sp³-hybridized carbons (Fsp3) is 0.385. The maximum absolute atomic E-state index is 13.3. The first-order valence-corrected chi connectivity index (χ1v) is 13.3. The van der Waals surface area contributed by atoms with Crippen LogP contribution in [0.25, 0.3) is 0 Å². The molecule has 2 aromatic rings. The van der Waals surface area contributed by atoms with Crippen LogP contribution >= 0.6 is 11.8 Å². The topological polar surface area (TPSA) is 191 Å². The minimum absolute atomic E-state index is 0.000111. The molecule has 4 unspecified atom stereocenters. The molecule has 0 fully saturated rings. The van der Waals surface area contributed by atoms with Crippen LogP contribution < -0.4 is 21.7 Å². The maximum Gasteiger partial charge on any atom is 0.326 e. The molecule has 0 heterocycles. The SMILES string of the molecule is CSCCC(NC(=O)C(C)N)C(=O)NC(Cc1ccc(O)cc1)C(=O)NC(Cc1ccc(O)cc1)C(=O)O. The molecule has 206 valence electrons. The van der Waals surface area contributed by atoms with Crippen molar-refractivity contribution < 1.29 is 34.5 Å². The Morgan fingerprint density at radius 1 is 0.763 bits per heavy atom. The van der Waals surface area contributed by atoms with Crippen LogP contribution in [0, 0.1) is 0 Å². The molecule has 0 saturated carbocycles. The quantitative estimate of drug-likeness (QED) is 0.177.